The van der Waals surface area contributed by atoms with Crippen LogP contribution in [0.25, 0.3) is 0 Å². The zero-order valence-corrected chi connectivity index (χ0v) is 12.7. The second-order valence-electron chi connectivity index (χ2n) is 5.73. The second-order valence-corrected chi connectivity index (χ2v) is 5.73. The average Bonchev–Trinajstić information content (AvgIpc) is 2.91. The van der Waals surface area contributed by atoms with Crippen LogP contribution in [0.4, 0.5) is 0 Å². The second kappa shape index (κ2) is 5.96. The molecule has 0 unspecified atom stereocenters. The largest absolute Gasteiger partial charge is 0.244 e. The van der Waals surface area contributed by atoms with E-state index < -0.39 is 0 Å². The molecule has 1 aromatic heterocycles. The first-order chi connectivity index (χ1) is 10.2. The van der Waals surface area contributed by atoms with E-state index in [0.29, 0.717) is 0 Å². The van der Waals surface area contributed by atoms with Gasteiger partial charge in [0.1, 0.15) is 25.5 Å². The normalized spacial score (nSPS) is 10.8. The molecule has 0 radical (unpaired) electrons. The lowest BCUT2D eigenvalue weighted by Gasteiger charge is -2.00. The van der Waals surface area contributed by atoms with E-state index in [1.54, 1.807) is 0 Å². The molecule has 2 nitrogen and oxygen atoms in total. The Morgan fingerprint density at radius 1 is 0.810 bits per heavy atom. The predicted molar refractivity (Wildman–Crippen MR) is 85.2 cm³/mol. The zero-order valence-electron chi connectivity index (χ0n) is 12.7. The Balaban J connectivity index is 1.68. The van der Waals surface area contributed by atoms with Gasteiger partial charge in [0, 0.05) is 0 Å². The van der Waals surface area contributed by atoms with Crippen molar-refractivity contribution in [3.8, 4) is 0 Å². The molecular weight excluding hydrogens is 256 g/mol. The highest BCUT2D eigenvalue weighted by Gasteiger charge is 2.05. The van der Waals surface area contributed by atoms with Gasteiger partial charge in [0.25, 0.3) is 0 Å². The summed E-state index contributed by atoms with van der Waals surface area (Å²) in [5.41, 5.74) is 5.28. The minimum atomic E-state index is 0.918. The van der Waals surface area contributed by atoms with Gasteiger partial charge in [0.05, 0.1) is 0 Å². The fourth-order valence-electron chi connectivity index (χ4n) is 2.43. The van der Waals surface area contributed by atoms with Crippen LogP contribution in [0, 0.1) is 13.8 Å². The molecule has 21 heavy (non-hydrogen) atoms. The van der Waals surface area contributed by atoms with Gasteiger partial charge in [-0.25, -0.2) is 9.13 Å². The van der Waals surface area contributed by atoms with Crippen molar-refractivity contribution >= 4 is 0 Å². The average molecular weight is 277 g/mol. The van der Waals surface area contributed by atoms with Crippen molar-refractivity contribution in [2.45, 2.75) is 26.9 Å². The molecule has 0 bridgehead atoms. The van der Waals surface area contributed by atoms with Crippen molar-refractivity contribution in [2.75, 3.05) is 0 Å². The highest BCUT2D eigenvalue weighted by Crippen LogP contribution is 2.06. The minimum absolute atomic E-state index is 0.918. The van der Waals surface area contributed by atoms with Crippen molar-refractivity contribution < 1.29 is 4.57 Å². The minimum Gasteiger partial charge on any atom is -0.233 e. The van der Waals surface area contributed by atoms with Gasteiger partial charge in [-0.3, -0.25) is 0 Å². The third kappa shape index (κ3) is 3.60. The van der Waals surface area contributed by atoms with Gasteiger partial charge in [-0.15, -0.1) is 0 Å². The summed E-state index contributed by atoms with van der Waals surface area (Å²) in [7, 11) is 0. The molecule has 0 fully saturated rings. The summed E-state index contributed by atoms with van der Waals surface area (Å²) < 4.78 is 4.44. The summed E-state index contributed by atoms with van der Waals surface area (Å²) in [6, 6.07) is 17.4. The fraction of sp³-hybridized carbons (Fsp3) is 0.211. The van der Waals surface area contributed by atoms with Gasteiger partial charge in [-0.1, -0.05) is 59.7 Å². The molecule has 0 atom stereocenters. The van der Waals surface area contributed by atoms with E-state index in [1.807, 2.05) is 0 Å². The van der Waals surface area contributed by atoms with Crippen LogP contribution < -0.4 is 4.57 Å². The molecule has 0 saturated heterocycles. The first-order valence-corrected chi connectivity index (χ1v) is 7.35. The Morgan fingerprint density at radius 3 is 2.00 bits per heavy atom. The molecule has 0 saturated carbocycles. The molecule has 1 heterocycles. The molecular formula is C19H21N2+. The summed E-state index contributed by atoms with van der Waals surface area (Å²) in [6.45, 7) is 6.08. The van der Waals surface area contributed by atoms with Crippen molar-refractivity contribution in [1.29, 1.82) is 0 Å². The maximum absolute atomic E-state index is 2.22. The van der Waals surface area contributed by atoms with Gasteiger partial charge in [-0.05, 0) is 25.0 Å². The zero-order chi connectivity index (χ0) is 14.7. The molecule has 2 heteroatoms. The van der Waals surface area contributed by atoms with E-state index in [1.165, 1.54) is 22.3 Å². The monoisotopic (exact) mass is 277 g/mol. The lowest BCUT2D eigenvalue weighted by Crippen LogP contribution is -2.31. The lowest BCUT2D eigenvalue weighted by atomic mass is 10.1. The third-order valence-corrected chi connectivity index (χ3v) is 3.72. The van der Waals surface area contributed by atoms with E-state index in [2.05, 4.69) is 90.2 Å². The topological polar surface area (TPSA) is 8.81 Å². The SMILES string of the molecule is Cc1ccc(Cn2cc[n+](Cc3ccc(C)cc3)c2)cc1. The summed E-state index contributed by atoms with van der Waals surface area (Å²) in [5.74, 6) is 0. The van der Waals surface area contributed by atoms with Crippen LogP contribution in [-0.4, -0.2) is 4.57 Å². The Hall–Kier alpha value is -2.35. The van der Waals surface area contributed by atoms with Crippen LogP contribution in [0.1, 0.15) is 22.3 Å². The first kappa shape index (κ1) is 13.6. The first-order valence-electron chi connectivity index (χ1n) is 7.35. The molecule has 0 aliphatic rings. The summed E-state index contributed by atoms with van der Waals surface area (Å²) in [6.07, 6.45) is 6.43. The number of rotatable bonds is 4. The molecule has 0 spiro atoms. The number of aromatic nitrogens is 2. The standard InChI is InChI=1S/C19H21N2/c1-16-3-7-18(8-4-16)13-20-11-12-21(15-20)14-19-9-5-17(2)6-10-19/h3-12,15H,13-14H2,1-2H3/q+1. The number of imidazole rings is 1. The van der Waals surface area contributed by atoms with Gasteiger partial charge in [-0.2, -0.15) is 0 Å². The lowest BCUT2D eigenvalue weighted by molar-refractivity contribution is -0.687. The quantitative estimate of drug-likeness (QED) is 0.646. The van der Waals surface area contributed by atoms with E-state index in [-0.39, 0.29) is 0 Å². The molecule has 0 amide bonds. The molecule has 3 aromatic rings. The number of aryl methyl sites for hydroxylation is 2. The van der Waals surface area contributed by atoms with Crippen molar-refractivity contribution in [1.82, 2.24) is 4.57 Å². The fourth-order valence-corrected chi connectivity index (χ4v) is 2.43. The molecule has 106 valence electrons. The van der Waals surface area contributed by atoms with Gasteiger partial charge in [0.15, 0.2) is 0 Å². The van der Waals surface area contributed by atoms with Gasteiger partial charge < -0.3 is 0 Å². The smallest absolute Gasteiger partial charge is 0.233 e. The van der Waals surface area contributed by atoms with E-state index in [0.717, 1.165) is 13.1 Å². The maximum Gasteiger partial charge on any atom is 0.244 e. The number of hydrogen-bond acceptors (Lipinski definition) is 0. The number of nitrogens with zero attached hydrogens (tertiary/aromatic N) is 2. The van der Waals surface area contributed by atoms with E-state index in [9.17, 15) is 0 Å². The maximum atomic E-state index is 2.22. The van der Waals surface area contributed by atoms with Gasteiger partial charge >= 0.3 is 0 Å². The van der Waals surface area contributed by atoms with Crippen LogP contribution in [0.5, 0.6) is 0 Å². The Morgan fingerprint density at radius 2 is 1.38 bits per heavy atom. The Bertz CT molecular complexity index is 644. The Labute approximate surface area is 126 Å². The van der Waals surface area contributed by atoms with Gasteiger partial charge in [0.2, 0.25) is 6.33 Å². The molecule has 0 aliphatic carbocycles. The van der Waals surface area contributed by atoms with Crippen molar-refractivity contribution in [2.24, 2.45) is 0 Å². The molecule has 0 aliphatic heterocycles. The van der Waals surface area contributed by atoms with Crippen LogP contribution in [0.3, 0.4) is 0 Å². The van der Waals surface area contributed by atoms with Crippen molar-refractivity contribution in [3.63, 3.8) is 0 Å². The van der Waals surface area contributed by atoms with Crippen LogP contribution in [0.2, 0.25) is 0 Å². The van der Waals surface area contributed by atoms with Crippen LogP contribution in [0.15, 0.2) is 67.3 Å². The summed E-state index contributed by atoms with van der Waals surface area (Å²) in [4.78, 5) is 0. The third-order valence-electron chi connectivity index (χ3n) is 3.72. The molecule has 0 N–H and O–H groups in total. The predicted octanol–water partition coefficient (Wildman–Crippen LogP) is 3.49. The van der Waals surface area contributed by atoms with Crippen LogP contribution in [-0.2, 0) is 13.1 Å². The Kier molecular flexibility index (Phi) is 3.87. The molecule has 2 aromatic carbocycles. The highest BCUT2D eigenvalue weighted by molar-refractivity contribution is 5.22. The highest BCUT2D eigenvalue weighted by atomic mass is 15.1. The molecule has 3 rings (SSSR count). The van der Waals surface area contributed by atoms with E-state index >= 15 is 0 Å². The van der Waals surface area contributed by atoms with Crippen molar-refractivity contribution in [3.05, 3.63) is 89.5 Å². The van der Waals surface area contributed by atoms with E-state index in [4.69, 9.17) is 0 Å². The summed E-state index contributed by atoms with van der Waals surface area (Å²) >= 11 is 0. The summed E-state index contributed by atoms with van der Waals surface area (Å²) in [5, 5.41) is 0. The van der Waals surface area contributed by atoms with Crippen LogP contribution >= 0.6 is 0 Å². The number of hydrogen-bond donors (Lipinski definition) is 0. The number of benzene rings is 2.